The first-order valence-electron chi connectivity index (χ1n) is 12.2. The number of aromatic amines is 1. The van der Waals surface area contributed by atoms with Crippen molar-refractivity contribution in [3.63, 3.8) is 0 Å². The molecule has 1 aliphatic heterocycles. The summed E-state index contributed by atoms with van der Waals surface area (Å²) in [6.07, 6.45) is 2.49. The van der Waals surface area contributed by atoms with Crippen LogP contribution in [0.15, 0.2) is 42.7 Å². The van der Waals surface area contributed by atoms with E-state index in [9.17, 15) is 4.79 Å². The van der Waals surface area contributed by atoms with E-state index in [0.29, 0.717) is 19.6 Å². The lowest BCUT2D eigenvalue weighted by Crippen LogP contribution is -2.46. The van der Waals surface area contributed by atoms with Crippen LogP contribution in [-0.2, 0) is 16.1 Å². The van der Waals surface area contributed by atoms with E-state index in [0.717, 1.165) is 61.8 Å². The fraction of sp³-hybridized carbons (Fsp3) is 0.480. The fourth-order valence-corrected chi connectivity index (χ4v) is 4.32. The Kier molecular flexibility index (Phi) is 9.02. The number of amides is 1. The highest BCUT2D eigenvalue weighted by Crippen LogP contribution is 2.25. The van der Waals surface area contributed by atoms with Crippen molar-refractivity contribution in [2.24, 2.45) is 0 Å². The van der Waals surface area contributed by atoms with E-state index in [2.05, 4.69) is 55.2 Å². The molecule has 1 saturated heterocycles. The average molecular weight is 482 g/mol. The molecule has 1 atom stereocenters. The average Bonchev–Trinajstić information content (AvgIpc) is 3.31. The number of hydrogen-bond acceptors (Lipinski definition) is 8. The highest BCUT2D eigenvalue weighted by Gasteiger charge is 2.18. The molecule has 0 aliphatic carbocycles. The topological polar surface area (TPSA) is 119 Å². The van der Waals surface area contributed by atoms with E-state index in [4.69, 9.17) is 9.94 Å². The molecule has 1 fully saturated rings. The van der Waals surface area contributed by atoms with Crippen LogP contribution in [0.2, 0.25) is 0 Å². The van der Waals surface area contributed by atoms with Gasteiger partial charge in [-0.25, -0.2) is 15.4 Å². The summed E-state index contributed by atoms with van der Waals surface area (Å²) in [4.78, 5) is 28.2. The summed E-state index contributed by atoms with van der Waals surface area (Å²) in [5.74, 6) is 0.469. The third-order valence-corrected chi connectivity index (χ3v) is 6.36. The monoisotopic (exact) mass is 481 g/mol. The quantitative estimate of drug-likeness (QED) is 0.177. The fourth-order valence-electron chi connectivity index (χ4n) is 4.32. The number of nitrogens with one attached hydrogen (secondary N) is 3. The minimum atomic E-state index is -0.374. The Morgan fingerprint density at radius 2 is 1.91 bits per heavy atom. The van der Waals surface area contributed by atoms with E-state index >= 15 is 0 Å². The van der Waals surface area contributed by atoms with Crippen molar-refractivity contribution in [1.29, 1.82) is 0 Å². The predicted molar refractivity (Wildman–Crippen MR) is 134 cm³/mol. The van der Waals surface area contributed by atoms with Crippen LogP contribution in [0.4, 0.5) is 5.82 Å². The molecular weight excluding hydrogens is 446 g/mol. The number of ether oxygens (including phenoxy) is 1. The molecule has 0 spiro atoms. The second-order valence-electron chi connectivity index (χ2n) is 8.92. The standard InChI is InChI=1S/C25H35N7O3/c1-19(20-6-3-2-4-7-20)28-24-22-16-21(29-25(22)27-18-26-24)17-32-11-9-31(10-12-32)13-15-35-14-5-8-23(33)30-34/h2-4,6-7,16,18-19,34H,5,8-15,17H2,1H3,(H,30,33)(H2,26,27,28,29)/t19-/m1/s1. The zero-order valence-electron chi connectivity index (χ0n) is 20.2. The number of carbonyl (C=O) groups excluding carboxylic acids is 1. The van der Waals surface area contributed by atoms with Crippen molar-refractivity contribution < 1.29 is 14.7 Å². The molecule has 1 aliphatic rings. The number of anilines is 1. The summed E-state index contributed by atoms with van der Waals surface area (Å²) in [6.45, 7) is 9.03. The van der Waals surface area contributed by atoms with Gasteiger partial charge in [-0.3, -0.25) is 19.8 Å². The highest BCUT2D eigenvalue weighted by atomic mass is 16.5. The number of hydrogen-bond donors (Lipinski definition) is 4. The van der Waals surface area contributed by atoms with E-state index in [1.54, 1.807) is 11.8 Å². The van der Waals surface area contributed by atoms with Gasteiger partial charge < -0.3 is 15.0 Å². The summed E-state index contributed by atoms with van der Waals surface area (Å²) < 4.78 is 5.61. The van der Waals surface area contributed by atoms with E-state index in [-0.39, 0.29) is 18.4 Å². The summed E-state index contributed by atoms with van der Waals surface area (Å²) >= 11 is 0. The first-order valence-corrected chi connectivity index (χ1v) is 12.2. The maximum Gasteiger partial charge on any atom is 0.243 e. The molecule has 0 saturated carbocycles. The molecule has 0 radical (unpaired) electrons. The second-order valence-corrected chi connectivity index (χ2v) is 8.92. The van der Waals surface area contributed by atoms with Gasteiger partial charge in [0.15, 0.2) is 0 Å². The van der Waals surface area contributed by atoms with Crippen molar-refractivity contribution in [2.75, 3.05) is 51.3 Å². The van der Waals surface area contributed by atoms with Crippen LogP contribution in [0.1, 0.15) is 37.1 Å². The van der Waals surface area contributed by atoms with Gasteiger partial charge in [-0.05, 0) is 25.0 Å². The maximum atomic E-state index is 11.0. The van der Waals surface area contributed by atoms with Crippen molar-refractivity contribution >= 4 is 22.8 Å². The number of benzene rings is 1. The number of fused-ring (bicyclic) bond motifs is 1. The summed E-state index contributed by atoms with van der Waals surface area (Å²) in [5, 5.41) is 13.0. The summed E-state index contributed by atoms with van der Waals surface area (Å²) in [7, 11) is 0. The van der Waals surface area contributed by atoms with Crippen LogP contribution in [0.3, 0.4) is 0 Å². The highest BCUT2D eigenvalue weighted by molar-refractivity contribution is 5.87. The Hall–Kier alpha value is -3.05. The number of nitrogens with zero attached hydrogens (tertiary/aromatic N) is 4. The Labute approximate surface area is 205 Å². The Bertz CT molecular complexity index is 1070. The zero-order valence-corrected chi connectivity index (χ0v) is 20.2. The molecule has 188 valence electrons. The molecule has 0 unspecified atom stereocenters. The van der Waals surface area contributed by atoms with Crippen LogP contribution < -0.4 is 10.8 Å². The second kappa shape index (κ2) is 12.6. The third-order valence-electron chi connectivity index (χ3n) is 6.36. The number of H-pyrrole nitrogens is 1. The molecule has 2 aromatic heterocycles. The molecule has 1 amide bonds. The van der Waals surface area contributed by atoms with Gasteiger partial charge in [0.05, 0.1) is 12.0 Å². The van der Waals surface area contributed by atoms with Gasteiger partial charge >= 0.3 is 0 Å². The van der Waals surface area contributed by atoms with Crippen LogP contribution in [-0.4, -0.2) is 81.8 Å². The van der Waals surface area contributed by atoms with Crippen molar-refractivity contribution in [1.82, 2.24) is 30.2 Å². The van der Waals surface area contributed by atoms with Gasteiger partial charge in [0, 0.05) is 64.0 Å². The Balaban J connectivity index is 1.23. The molecule has 4 N–H and O–H groups in total. The van der Waals surface area contributed by atoms with Crippen LogP contribution in [0, 0.1) is 0 Å². The lowest BCUT2D eigenvalue weighted by Gasteiger charge is -2.34. The largest absolute Gasteiger partial charge is 0.380 e. The normalized spacial score (nSPS) is 15.8. The molecule has 1 aromatic carbocycles. The SMILES string of the molecule is C[C@@H](Nc1ncnc2[nH]c(CN3CCN(CCOCCCC(=O)NO)CC3)cc12)c1ccccc1. The molecule has 10 heteroatoms. The number of rotatable bonds is 12. The van der Waals surface area contributed by atoms with Gasteiger partial charge in [0.1, 0.15) is 17.8 Å². The molecule has 4 rings (SSSR count). The van der Waals surface area contributed by atoms with E-state index in [1.165, 1.54) is 5.56 Å². The zero-order chi connectivity index (χ0) is 24.5. The Morgan fingerprint density at radius 3 is 2.69 bits per heavy atom. The molecule has 0 bridgehead atoms. The van der Waals surface area contributed by atoms with Crippen molar-refractivity contribution in [3.05, 3.63) is 54.0 Å². The minimum Gasteiger partial charge on any atom is -0.380 e. The van der Waals surface area contributed by atoms with Gasteiger partial charge in [-0.15, -0.1) is 0 Å². The van der Waals surface area contributed by atoms with Crippen LogP contribution in [0.5, 0.6) is 0 Å². The summed E-state index contributed by atoms with van der Waals surface area (Å²) in [5.41, 5.74) is 4.84. The number of hydroxylamine groups is 1. The van der Waals surface area contributed by atoms with Crippen LogP contribution >= 0.6 is 0 Å². The van der Waals surface area contributed by atoms with Gasteiger partial charge in [0.25, 0.3) is 0 Å². The number of carbonyl (C=O) groups is 1. The molecule has 3 aromatic rings. The van der Waals surface area contributed by atoms with Gasteiger partial charge in [0.2, 0.25) is 5.91 Å². The van der Waals surface area contributed by atoms with Crippen LogP contribution in [0.25, 0.3) is 11.0 Å². The molecular formula is C25H35N7O3. The first kappa shape index (κ1) is 25.1. The van der Waals surface area contributed by atoms with Gasteiger partial charge in [-0.1, -0.05) is 30.3 Å². The number of aromatic nitrogens is 3. The lowest BCUT2D eigenvalue weighted by molar-refractivity contribution is -0.129. The van der Waals surface area contributed by atoms with Gasteiger partial charge in [-0.2, -0.15) is 0 Å². The van der Waals surface area contributed by atoms with Crippen molar-refractivity contribution in [3.8, 4) is 0 Å². The third kappa shape index (κ3) is 7.22. The minimum absolute atomic E-state index is 0.143. The van der Waals surface area contributed by atoms with E-state index in [1.807, 2.05) is 18.2 Å². The summed E-state index contributed by atoms with van der Waals surface area (Å²) in [6, 6.07) is 12.7. The first-order chi connectivity index (χ1) is 17.1. The Morgan fingerprint density at radius 1 is 1.14 bits per heavy atom. The molecule has 10 nitrogen and oxygen atoms in total. The van der Waals surface area contributed by atoms with E-state index < -0.39 is 0 Å². The lowest BCUT2D eigenvalue weighted by atomic mass is 10.1. The maximum absolute atomic E-state index is 11.0. The van der Waals surface area contributed by atoms with Crippen molar-refractivity contribution in [2.45, 2.75) is 32.4 Å². The predicted octanol–water partition coefficient (Wildman–Crippen LogP) is 2.55. The smallest absolute Gasteiger partial charge is 0.243 e. The number of piperazine rings is 1. The molecule has 3 heterocycles. The molecule has 35 heavy (non-hydrogen) atoms.